The molecule has 1 unspecified atom stereocenters. The number of aromatic nitrogens is 2. The largest absolute Gasteiger partial charge is 0.381 e. The number of benzene rings is 2. The molecular formula is C24H31N5. The van der Waals surface area contributed by atoms with Crippen LogP contribution in [0.3, 0.4) is 0 Å². The maximum absolute atomic E-state index is 4.12. The molecule has 0 radical (unpaired) electrons. The predicted octanol–water partition coefficient (Wildman–Crippen LogP) is 4.49. The minimum atomic E-state index is 0.499. The van der Waals surface area contributed by atoms with Crippen molar-refractivity contribution < 1.29 is 0 Å². The first kappa shape index (κ1) is 18.5. The lowest BCUT2D eigenvalue weighted by molar-refractivity contribution is 0.208. The predicted molar refractivity (Wildman–Crippen MR) is 120 cm³/mol. The number of aromatic amines is 1. The molecule has 2 atom stereocenters. The quantitative estimate of drug-likeness (QED) is 0.675. The number of anilines is 2. The van der Waals surface area contributed by atoms with E-state index in [4.69, 9.17) is 0 Å². The lowest BCUT2D eigenvalue weighted by atomic mass is 10.0. The highest BCUT2D eigenvalue weighted by atomic mass is 15.2. The third-order valence-corrected chi connectivity index (χ3v) is 6.45. The van der Waals surface area contributed by atoms with E-state index in [1.807, 2.05) is 6.20 Å². The Morgan fingerprint density at radius 3 is 2.79 bits per heavy atom. The summed E-state index contributed by atoms with van der Waals surface area (Å²) in [6.07, 6.45) is 5.68. The van der Waals surface area contributed by atoms with Gasteiger partial charge in [0.25, 0.3) is 0 Å². The molecule has 2 saturated heterocycles. The van der Waals surface area contributed by atoms with E-state index < -0.39 is 0 Å². The number of fused-ring (bicyclic) bond motifs is 1. The summed E-state index contributed by atoms with van der Waals surface area (Å²) >= 11 is 0. The van der Waals surface area contributed by atoms with Crippen molar-refractivity contribution in [2.24, 2.45) is 5.92 Å². The van der Waals surface area contributed by atoms with Crippen molar-refractivity contribution in [1.82, 2.24) is 15.1 Å². The van der Waals surface area contributed by atoms with Gasteiger partial charge in [0, 0.05) is 49.0 Å². The maximum Gasteiger partial charge on any atom is 0.0651 e. The Morgan fingerprint density at radius 2 is 1.97 bits per heavy atom. The molecule has 152 valence electrons. The van der Waals surface area contributed by atoms with Crippen LogP contribution in [0.5, 0.6) is 0 Å². The van der Waals surface area contributed by atoms with Gasteiger partial charge in [0.05, 0.1) is 11.7 Å². The standard InChI is InChI=1S/C24H31N5/c1-18-10-12-29(15-18)23-7-4-19(5-8-23)16-28-11-2-3-22(17-28)26-21-6-9-24-20(13-21)14-25-27-24/h4-9,13-14,18,22,26H,2-3,10-12,15-17H2,1H3,(H,25,27)/t18?,22-/m1/s1. The average molecular weight is 390 g/mol. The Bertz CT molecular complexity index is 947. The van der Waals surface area contributed by atoms with Gasteiger partial charge in [-0.1, -0.05) is 19.1 Å². The summed E-state index contributed by atoms with van der Waals surface area (Å²) in [5.41, 5.74) is 5.08. The van der Waals surface area contributed by atoms with Crippen LogP contribution in [0.1, 0.15) is 31.7 Å². The highest BCUT2D eigenvalue weighted by Gasteiger charge is 2.21. The first-order valence-electron chi connectivity index (χ1n) is 11.0. The zero-order chi connectivity index (χ0) is 19.6. The number of hydrogen-bond acceptors (Lipinski definition) is 4. The van der Waals surface area contributed by atoms with Gasteiger partial charge in [-0.15, -0.1) is 0 Å². The van der Waals surface area contributed by atoms with Crippen molar-refractivity contribution in [3.63, 3.8) is 0 Å². The summed E-state index contributed by atoms with van der Waals surface area (Å²) < 4.78 is 0. The van der Waals surface area contributed by atoms with Crippen LogP contribution in [-0.2, 0) is 6.54 Å². The number of likely N-dealkylation sites (tertiary alicyclic amines) is 1. The molecule has 2 aliphatic heterocycles. The van der Waals surface area contributed by atoms with Crippen LogP contribution in [-0.4, -0.2) is 47.3 Å². The van der Waals surface area contributed by atoms with Gasteiger partial charge in [0.2, 0.25) is 0 Å². The zero-order valence-electron chi connectivity index (χ0n) is 17.3. The Morgan fingerprint density at radius 1 is 1.07 bits per heavy atom. The first-order chi connectivity index (χ1) is 14.2. The molecule has 0 spiro atoms. The van der Waals surface area contributed by atoms with Crippen LogP contribution in [0.15, 0.2) is 48.7 Å². The maximum atomic E-state index is 4.12. The van der Waals surface area contributed by atoms with Crippen molar-refractivity contribution >= 4 is 22.3 Å². The van der Waals surface area contributed by atoms with Crippen molar-refractivity contribution in [3.05, 3.63) is 54.2 Å². The van der Waals surface area contributed by atoms with Gasteiger partial charge in [-0.3, -0.25) is 10.00 Å². The fourth-order valence-electron chi connectivity index (χ4n) is 4.83. The minimum absolute atomic E-state index is 0.499. The Hall–Kier alpha value is -2.53. The molecule has 2 aromatic carbocycles. The normalized spacial score (nSPS) is 23.0. The van der Waals surface area contributed by atoms with Crippen molar-refractivity contribution in [1.29, 1.82) is 0 Å². The third-order valence-electron chi connectivity index (χ3n) is 6.45. The number of hydrogen-bond donors (Lipinski definition) is 2. The summed E-state index contributed by atoms with van der Waals surface area (Å²) in [4.78, 5) is 5.11. The number of piperidine rings is 1. The molecule has 3 heterocycles. The van der Waals surface area contributed by atoms with Crippen molar-refractivity contribution in [2.45, 2.75) is 38.8 Å². The van der Waals surface area contributed by atoms with E-state index in [9.17, 15) is 0 Å². The Balaban J connectivity index is 1.18. The molecule has 0 bridgehead atoms. The molecule has 0 aliphatic carbocycles. The van der Waals surface area contributed by atoms with E-state index in [-0.39, 0.29) is 0 Å². The molecule has 5 nitrogen and oxygen atoms in total. The molecule has 0 saturated carbocycles. The van der Waals surface area contributed by atoms with Crippen LogP contribution in [0.4, 0.5) is 11.4 Å². The molecular weight excluding hydrogens is 358 g/mol. The van der Waals surface area contributed by atoms with Gasteiger partial charge in [0.15, 0.2) is 0 Å². The van der Waals surface area contributed by atoms with Gasteiger partial charge in [-0.25, -0.2) is 0 Å². The Labute approximate surface area is 173 Å². The minimum Gasteiger partial charge on any atom is -0.381 e. The third kappa shape index (κ3) is 4.25. The van der Waals surface area contributed by atoms with E-state index in [2.05, 4.69) is 74.7 Å². The van der Waals surface area contributed by atoms with Gasteiger partial charge in [0.1, 0.15) is 0 Å². The summed E-state index contributed by atoms with van der Waals surface area (Å²) in [5.74, 6) is 0.821. The summed E-state index contributed by atoms with van der Waals surface area (Å²) in [6, 6.07) is 16.2. The SMILES string of the molecule is CC1CCN(c2ccc(CN3CCC[C@@H](Nc4ccc5[nH]ncc5c4)C3)cc2)C1. The monoisotopic (exact) mass is 389 g/mol. The summed E-state index contributed by atoms with van der Waals surface area (Å²) in [5, 5.41) is 12.0. The van der Waals surface area contributed by atoms with Gasteiger partial charge in [-0.2, -0.15) is 5.10 Å². The van der Waals surface area contributed by atoms with Gasteiger partial charge in [-0.05, 0) is 67.6 Å². The second kappa shape index (κ2) is 8.07. The summed E-state index contributed by atoms with van der Waals surface area (Å²) in [6.45, 7) is 8.06. The fourth-order valence-corrected chi connectivity index (χ4v) is 4.83. The van der Waals surface area contributed by atoms with Gasteiger partial charge >= 0.3 is 0 Å². The molecule has 2 aliphatic rings. The molecule has 0 amide bonds. The highest BCUT2D eigenvalue weighted by molar-refractivity contribution is 5.81. The topological polar surface area (TPSA) is 47.2 Å². The molecule has 5 rings (SSSR count). The lowest BCUT2D eigenvalue weighted by Crippen LogP contribution is -2.41. The van der Waals surface area contributed by atoms with E-state index in [0.717, 1.165) is 29.9 Å². The van der Waals surface area contributed by atoms with E-state index in [0.29, 0.717) is 6.04 Å². The summed E-state index contributed by atoms with van der Waals surface area (Å²) in [7, 11) is 0. The van der Waals surface area contributed by atoms with E-state index in [1.165, 1.54) is 55.8 Å². The fraction of sp³-hybridized carbons (Fsp3) is 0.458. The average Bonchev–Trinajstić information content (AvgIpc) is 3.37. The molecule has 5 heteroatoms. The van der Waals surface area contributed by atoms with E-state index in [1.54, 1.807) is 0 Å². The molecule has 3 aromatic rings. The zero-order valence-corrected chi connectivity index (χ0v) is 17.3. The Kier molecular flexibility index (Phi) is 5.15. The number of nitrogens with zero attached hydrogens (tertiary/aromatic N) is 3. The number of H-pyrrole nitrogens is 1. The van der Waals surface area contributed by atoms with E-state index >= 15 is 0 Å². The van der Waals surface area contributed by atoms with Crippen LogP contribution < -0.4 is 10.2 Å². The highest BCUT2D eigenvalue weighted by Crippen LogP contribution is 2.25. The number of nitrogens with one attached hydrogen (secondary N) is 2. The second-order valence-electron chi connectivity index (χ2n) is 8.90. The molecule has 1 aromatic heterocycles. The first-order valence-corrected chi connectivity index (χ1v) is 11.0. The van der Waals surface area contributed by atoms with Gasteiger partial charge < -0.3 is 10.2 Å². The second-order valence-corrected chi connectivity index (χ2v) is 8.90. The van der Waals surface area contributed by atoms with Crippen LogP contribution in [0, 0.1) is 5.92 Å². The molecule has 29 heavy (non-hydrogen) atoms. The van der Waals surface area contributed by atoms with Crippen LogP contribution in [0.2, 0.25) is 0 Å². The molecule has 2 N–H and O–H groups in total. The van der Waals surface area contributed by atoms with Crippen LogP contribution >= 0.6 is 0 Å². The van der Waals surface area contributed by atoms with Crippen molar-refractivity contribution in [2.75, 3.05) is 36.4 Å². The lowest BCUT2D eigenvalue weighted by Gasteiger charge is -2.33. The number of rotatable bonds is 5. The smallest absolute Gasteiger partial charge is 0.0651 e. The van der Waals surface area contributed by atoms with Crippen LogP contribution in [0.25, 0.3) is 10.9 Å². The van der Waals surface area contributed by atoms with Crippen molar-refractivity contribution in [3.8, 4) is 0 Å². The molecule has 2 fully saturated rings.